The van der Waals surface area contributed by atoms with Gasteiger partial charge in [0.25, 0.3) is 11.5 Å². The molecule has 0 bridgehead atoms. The third kappa shape index (κ3) is 4.14. The summed E-state index contributed by atoms with van der Waals surface area (Å²) in [6.45, 7) is 3.17. The quantitative estimate of drug-likeness (QED) is 0.686. The van der Waals surface area contributed by atoms with Gasteiger partial charge in [-0.25, -0.2) is 8.42 Å². The van der Waals surface area contributed by atoms with Gasteiger partial charge in [-0.05, 0) is 12.5 Å². The largest absolute Gasteiger partial charge is 0.383 e. The lowest BCUT2D eigenvalue weighted by atomic mass is 10.1. The molecule has 1 amide bonds. The minimum atomic E-state index is -2.92. The topological polar surface area (TPSA) is 88.9 Å². The smallest absolute Gasteiger partial charge is 0.258 e. The molecule has 2 saturated heterocycles. The number of fused-ring (bicyclic) bond motifs is 1. The van der Waals surface area contributed by atoms with E-state index in [1.54, 1.807) is 34.9 Å². The lowest BCUT2D eigenvalue weighted by molar-refractivity contribution is 0.0588. The third-order valence-corrected chi connectivity index (χ3v) is 7.84. The van der Waals surface area contributed by atoms with Crippen molar-refractivity contribution in [3.8, 4) is 0 Å². The van der Waals surface area contributed by atoms with Crippen LogP contribution in [0.3, 0.4) is 0 Å². The van der Waals surface area contributed by atoms with Crippen LogP contribution in [-0.4, -0.2) is 86.1 Å². The van der Waals surface area contributed by atoms with Gasteiger partial charge in [-0.15, -0.1) is 0 Å². The second-order valence-corrected chi connectivity index (χ2v) is 10.2. The zero-order valence-electron chi connectivity index (χ0n) is 17.1. The molecule has 2 aliphatic heterocycles. The Bertz CT molecular complexity index is 1100. The molecule has 2 aromatic rings. The fourth-order valence-electron chi connectivity index (χ4n) is 4.39. The average molecular weight is 434 g/mol. The third-order valence-electron chi connectivity index (χ3n) is 6.09. The number of pyridine rings is 1. The van der Waals surface area contributed by atoms with Gasteiger partial charge in [-0.2, -0.15) is 0 Å². The number of sulfone groups is 1. The Labute approximate surface area is 175 Å². The number of methoxy groups -OCH3 is 1. The molecule has 0 aliphatic carbocycles. The van der Waals surface area contributed by atoms with E-state index in [1.807, 2.05) is 12.1 Å². The summed E-state index contributed by atoms with van der Waals surface area (Å²) >= 11 is 0. The molecule has 1 atom stereocenters. The second-order valence-electron chi connectivity index (χ2n) is 7.96. The predicted molar refractivity (Wildman–Crippen MR) is 115 cm³/mol. The molecule has 30 heavy (non-hydrogen) atoms. The molecule has 3 heterocycles. The number of piperazine rings is 1. The van der Waals surface area contributed by atoms with Gasteiger partial charge in [0.2, 0.25) is 0 Å². The highest BCUT2D eigenvalue weighted by Crippen LogP contribution is 2.22. The molecule has 0 saturated carbocycles. The molecule has 1 aromatic carbocycles. The predicted octanol–water partition coefficient (Wildman–Crippen LogP) is 0.593. The van der Waals surface area contributed by atoms with Crippen LogP contribution < -0.4 is 5.56 Å². The van der Waals surface area contributed by atoms with Crippen LogP contribution in [0.4, 0.5) is 0 Å². The maximum Gasteiger partial charge on any atom is 0.258 e. The summed E-state index contributed by atoms with van der Waals surface area (Å²) in [5.74, 6) is 0.373. The zero-order valence-corrected chi connectivity index (χ0v) is 17.9. The van der Waals surface area contributed by atoms with Gasteiger partial charge in [0.05, 0.1) is 23.7 Å². The summed E-state index contributed by atoms with van der Waals surface area (Å²) in [6.07, 6.45) is 2.31. The van der Waals surface area contributed by atoms with Gasteiger partial charge < -0.3 is 14.2 Å². The van der Waals surface area contributed by atoms with Gasteiger partial charge in [0.1, 0.15) is 0 Å². The van der Waals surface area contributed by atoms with Crippen LogP contribution in [0.15, 0.2) is 35.3 Å². The Hall–Kier alpha value is -2.23. The van der Waals surface area contributed by atoms with Crippen LogP contribution in [-0.2, 0) is 21.1 Å². The van der Waals surface area contributed by atoms with Crippen LogP contribution in [0, 0.1) is 0 Å². The first-order chi connectivity index (χ1) is 14.4. The average Bonchev–Trinajstić information content (AvgIpc) is 3.13. The van der Waals surface area contributed by atoms with Crippen molar-refractivity contribution in [2.45, 2.75) is 19.0 Å². The van der Waals surface area contributed by atoms with E-state index in [0.717, 1.165) is 0 Å². The van der Waals surface area contributed by atoms with Crippen LogP contribution in [0.1, 0.15) is 16.8 Å². The van der Waals surface area contributed by atoms with Crippen LogP contribution in [0.25, 0.3) is 10.8 Å². The summed E-state index contributed by atoms with van der Waals surface area (Å²) in [6, 6.07) is 7.24. The highest BCUT2D eigenvalue weighted by Gasteiger charge is 2.34. The Balaban J connectivity index is 1.55. The maximum absolute atomic E-state index is 13.3. The number of nitrogens with zero attached hydrogens (tertiary/aromatic N) is 3. The molecule has 0 N–H and O–H groups in total. The molecular formula is C21H27N3O5S. The van der Waals surface area contributed by atoms with E-state index in [2.05, 4.69) is 4.90 Å². The van der Waals surface area contributed by atoms with Gasteiger partial charge in [0, 0.05) is 62.8 Å². The zero-order chi connectivity index (χ0) is 21.3. The molecule has 0 unspecified atom stereocenters. The van der Waals surface area contributed by atoms with Crippen molar-refractivity contribution in [2.24, 2.45) is 0 Å². The second kappa shape index (κ2) is 8.49. The van der Waals surface area contributed by atoms with E-state index in [0.29, 0.717) is 62.1 Å². The van der Waals surface area contributed by atoms with Crippen molar-refractivity contribution >= 4 is 26.5 Å². The highest BCUT2D eigenvalue weighted by molar-refractivity contribution is 7.91. The summed E-state index contributed by atoms with van der Waals surface area (Å²) < 4.78 is 30.2. The Morgan fingerprint density at radius 3 is 2.47 bits per heavy atom. The molecule has 162 valence electrons. The van der Waals surface area contributed by atoms with Gasteiger partial charge in [-0.3, -0.25) is 14.5 Å². The van der Waals surface area contributed by atoms with Crippen molar-refractivity contribution < 1.29 is 17.9 Å². The highest BCUT2D eigenvalue weighted by atomic mass is 32.2. The summed E-state index contributed by atoms with van der Waals surface area (Å²) in [5, 5.41) is 1.18. The number of hydrogen-bond acceptors (Lipinski definition) is 6. The SMILES string of the molecule is COCCn1cc(C(=O)N2CCN([C@@H]3CCS(=O)(=O)C3)CC2)c2ccccc2c1=O. The van der Waals surface area contributed by atoms with E-state index >= 15 is 0 Å². The van der Waals surface area contributed by atoms with Crippen LogP contribution >= 0.6 is 0 Å². The van der Waals surface area contributed by atoms with Crippen molar-refractivity contribution in [2.75, 3.05) is 51.4 Å². The van der Waals surface area contributed by atoms with E-state index in [4.69, 9.17) is 4.74 Å². The molecule has 1 aromatic heterocycles. The Morgan fingerprint density at radius 1 is 1.13 bits per heavy atom. The van der Waals surface area contributed by atoms with Crippen molar-refractivity contribution in [1.29, 1.82) is 0 Å². The van der Waals surface area contributed by atoms with E-state index in [9.17, 15) is 18.0 Å². The van der Waals surface area contributed by atoms with Gasteiger partial charge in [-0.1, -0.05) is 18.2 Å². The normalized spacial score (nSPS) is 21.9. The van der Waals surface area contributed by atoms with Crippen LogP contribution in [0.5, 0.6) is 0 Å². The van der Waals surface area contributed by atoms with Crippen molar-refractivity contribution in [3.63, 3.8) is 0 Å². The number of carbonyl (C=O) groups is 1. The van der Waals surface area contributed by atoms with Crippen molar-refractivity contribution in [1.82, 2.24) is 14.4 Å². The molecule has 8 nitrogen and oxygen atoms in total. The Morgan fingerprint density at radius 2 is 1.83 bits per heavy atom. The summed E-state index contributed by atoms with van der Waals surface area (Å²) in [7, 11) is -1.35. The van der Waals surface area contributed by atoms with E-state index in [1.165, 1.54) is 0 Å². The minimum Gasteiger partial charge on any atom is -0.383 e. The first kappa shape index (κ1) is 21.0. The first-order valence-corrected chi connectivity index (χ1v) is 12.1. The molecular weight excluding hydrogens is 406 g/mol. The molecule has 4 rings (SSSR count). The fourth-order valence-corrected chi connectivity index (χ4v) is 6.15. The van der Waals surface area contributed by atoms with E-state index in [-0.39, 0.29) is 29.0 Å². The van der Waals surface area contributed by atoms with Crippen LogP contribution in [0.2, 0.25) is 0 Å². The molecule has 2 fully saturated rings. The number of rotatable bonds is 5. The lowest BCUT2D eigenvalue weighted by Gasteiger charge is -2.37. The fraction of sp³-hybridized carbons (Fsp3) is 0.524. The molecule has 0 spiro atoms. The summed E-state index contributed by atoms with van der Waals surface area (Å²) in [4.78, 5) is 30.1. The number of hydrogen-bond donors (Lipinski definition) is 0. The number of carbonyl (C=O) groups excluding carboxylic acids is 1. The van der Waals surface area contributed by atoms with Gasteiger partial charge >= 0.3 is 0 Å². The van der Waals surface area contributed by atoms with Gasteiger partial charge in [0.15, 0.2) is 9.84 Å². The first-order valence-electron chi connectivity index (χ1n) is 10.2. The minimum absolute atomic E-state index is 0.0593. The molecule has 0 radical (unpaired) electrons. The summed E-state index contributed by atoms with van der Waals surface area (Å²) in [5.41, 5.74) is 0.379. The number of ether oxygens (including phenoxy) is 1. The molecule has 9 heteroatoms. The molecule has 2 aliphatic rings. The standard InChI is InChI=1S/C21H27N3O5S/c1-29-12-11-24-14-19(17-4-2-3-5-18(17)20(24)25)21(26)23-9-7-22(8-10-23)16-6-13-30(27,28)15-16/h2-5,14,16H,6-13,15H2,1H3/t16-/m1/s1. The Kier molecular flexibility index (Phi) is 5.95. The number of amides is 1. The maximum atomic E-state index is 13.3. The van der Waals surface area contributed by atoms with Crippen molar-refractivity contribution in [3.05, 3.63) is 46.4 Å². The van der Waals surface area contributed by atoms with E-state index < -0.39 is 9.84 Å². The monoisotopic (exact) mass is 433 g/mol. The number of benzene rings is 1. The lowest BCUT2D eigenvalue weighted by Crippen LogP contribution is -2.52. The number of aromatic nitrogens is 1.